The molecule has 1 aliphatic carbocycles. The zero-order chi connectivity index (χ0) is 13.8. The average molecular weight is 282 g/mol. The molecule has 1 heterocycles. The number of rotatable bonds is 6. The summed E-state index contributed by atoms with van der Waals surface area (Å²) >= 11 is 1.60. The highest BCUT2D eigenvalue weighted by Gasteiger charge is 2.34. The molecule has 2 N–H and O–H groups in total. The molecule has 5 nitrogen and oxygen atoms in total. The normalized spacial score (nSPS) is 15.8. The van der Waals surface area contributed by atoms with Crippen LogP contribution in [0.25, 0.3) is 0 Å². The molecule has 19 heavy (non-hydrogen) atoms. The molecule has 2 amide bonds. The third kappa shape index (κ3) is 3.70. The van der Waals surface area contributed by atoms with Gasteiger partial charge in [-0.25, -0.2) is 9.59 Å². The van der Waals surface area contributed by atoms with Gasteiger partial charge in [0.1, 0.15) is 6.04 Å². The van der Waals surface area contributed by atoms with Crippen molar-refractivity contribution in [2.24, 2.45) is 0 Å². The van der Waals surface area contributed by atoms with Crippen LogP contribution in [-0.4, -0.2) is 34.1 Å². The lowest BCUT2D eigenvalue weighted by molar-refractivity contribution is -0.139. The molecule has 1 atom stereocenters. The molecular formula is C13H18N2O3S. The van der Waals surface area contributed by atoms with E-state index in [2.05, 4.69) is 5.32 Å². The van der Waals surface area contributed by atoms with E-state index in [4.69, 9.17) is 5.11 Å². The Morgan fingerprint density at radius 1 is 1.58 bits per heavy atom. The second kappa shape index (κ2) is 6.06. The first-order chi connectivity index (χ1) is 9.11. The number of carbonyl (C=O) groups excluding carboxylic acids is 1. The van der Waals surface area contributed by atoms with Gasteiger partial charge in [0, 0.05) is 12.6 Å². The Bertz CT molecular complexity index is 443. The molecule has 1 fully saturated rings. The fourth-order valence-corrected chi connectivity index (χ4v) is 2.56. The van der Waals surface area contributed by atoms with Crippen molar-refractivity contribution in [3.8, 4) is 0 Å². The van der Waals surface area contributed by atoms with Crippen molar-refractivity contribution < 1.29 is 14.7 Å². The smallest absolute Gasteiger partial charge is 0.326 e. The maximum atomic E-state index is 12.2. The molecular weight excluding hydrogens is 264 g/mol. The summed E-state index contributed by atoms with van der Waals surface area (Å²) in [5.41, 5.74) is 1.09. The Balaban J connectivity index is 1.98. The Kier molecular flexibility index (Phi) is 4.42. The Labute approximate surface area is 116 Å². The summed E-state index contributed by atoms with van der Waals surface area (Å²) in [4.78, 5) is 24.9. The minimum absolute atomic E-state index is 0.256. The van der Waals surface area contributed by atoms with Crippen molar-refractivity contribution in [1.29, 1.82) is 0 Å². The van der Waals surface area contributed by atoms with Gasteiger partial charge in [0.2, 0.25) is 0 Å². The van der Waals surface area contributed by atoms with Crippen LogP contribution in [0.1, 0.15) is 31.7 Å². The summed E-state index contributed by atoms with van der Waals surface area (Å²) in [7, 11) is 0. The van der Waals surface area contributed by atoms with Gasteiger partial charge in [-0.1, -0.05) is 6.92 Å². The van der Waals surface area contributed by atoms with Crippen LogP contribution in [0.15, 0.2) is 16.8 Å². The average Bonchev–Trinajstić information content (AvgIpc) is 3.09. The van der Waals surface area contributed by atoms with Crippen molar-refractivity contribution in [1.82, 2.24) is 10.2 Å². The highest BCUT2D eigenvalue weighted by atomic mass is 32.1. The Morgan fingerprint density at radius 2 is 2.32 bits per heavy atom. The number of hydrogen-bond donors (Lipinski definition) is 2. The highest BCUT2D eigenvalue weighted by molar-refractivity contribution is 7.07. The van der Waals surface area contributed by atoms with E-state index in [1.807, 2.05) is 16.8 Å². The molecule has 1 aromatic heterocycles. The first kappa shape index (κ1) is 13.9. The van der Waals surface area contributed by atoms with Crippen molar-refractivity contribution in [2.45, 2.75) is 44.8 Å². The maximum absolute atomic E-state index is 12.2. The fraction of sp³-hybridized carbons (Fsp3) is 0.538. The van der Waals surface area contributed by atoms with Crippen LogP contribution in [-0.2, 0) is 11.3 Å². The molecule has 0 saturated heterocycles. The highest BCUT2D eigenvalue weighted by Crippen LogP contribution is 2.28. The molecule has 0 aromatic carbocycles. The zero-order valence-electron chi connectivity index (χ0n) is 10.8. The second-order valence-electron chi connectivity index (χ2n) is 4.74. The summed E-state index contributed by atoms with van der Waals surface area (Å²) in [6, 6.07) is 1.16. The van der Waals surface area contributed by atoms with Crippen molar-refractivity contribution in [2.75, 3.05) is 0 Å². The monoisotopic (exact) mass is 282 g/mol. The van der Waals surface area contributed by atoms with Crippen LogP contribution < -0.4 is 5.32 Å². The molecule has 1 aliphatic rings. The minimum Gasteiger partial charge on any atom is -0.480 e. The lowest BCUT2D eigenvalue weighted by Crippen LogP contribution is -2.48. The number of carbonyl (C=O) groups is 2. The van der Waals surface area contributed by atoms with E-state index >= 15 is 0 Å². The molecule has 1 saturated carbocycles. The van der Waals surface area contributed by atoms with Gasteiger partial charge in [0.15, 0.2) is 0 Å². The molecule has 0 spiro atoms. The van der Waals surface area contributed by atoms with Gasteiger partial charge >= 0.3 is 12.0 Å². The number of urea groups is 1. The number of nitrogens with zero attached hydrogens (tertiary/aromatic N) is 1. The largest absolute Gasteiger partial charge is 0.480 e. The minimum atomic E-state index is -0.984. The lowest BCUT2D eigenvalue weighted by Gasteiger charge is -2.24. The van der Waals surface area contributed by atoms with E-state index in [0.29, 0.717) is 13.0 Å². The molecule has 6 heteroatoms. The van der Waals surface area contributed by atoms with Gasteiger partial charge in [-0.05, 0) is 41.7 Å². The van der Waals surface area contributed by atoms with Gasteiger partial charge in [-0.15, -0.1) is 0 Å². The summed E-state index contributed by atoms with van der Waals surface area (Å²) in [5, 5.41) is 15.6. The summed E-state index contributed by atoms with van der Waals surface area (Å²) in [6.45, 7) is 2.30. The molecule has 1 aromatic rings. The quantitative estimate of drug-likeness (QED) is 0.841. The van der Waals surface area contributed by atoms with E-state index in [-0.39, 0.29) is 12.1 Å². The number of amides is 2. The topological polar surface area (TPSA) is 69.6 Å². The first-order valence-corrected chi connectivity index (χ1v) is 7.37. The van der Waals surface area contributed by atoms with Gasteiger partial charge < -0.3 is 15.3 Å². The van der Waals surface area contributed by atoms with E-state index in [1.54, 1.807) is 23.2 Å². The van der Waals surface area contributed by atoms with Crippen LogP contribution >= 0.6 is 11.3 Å². The van der Waals surface area contributed by atoms with E-state index < -0.39 is 12.0 Å². The Hall–Kier alpha value is -1.56. The fourth-order valence-electron chi connectivity index (χ4n) is 1.90. The van der Waals surface area contributed by atoms with Crippen LogP contribution in [0.5, 0.6) is 0 Å². The van der Waals surface area contributed by atoms with E-state index in [0.717, 1.165) is 18.4 Å². The molecule has 0 bridgehead atoms. The molecule has 104 valence electrons. The third-order valence-corrected chi connectivity index (χ3v) is 3.92. The van der Waals surface area contributed by atoms with Crippen molar-refractivity contribution in [3.63, 3.8) is 0 Å². The van der Waals surface area contributed by atoms with E-state index in [9.17, 15) is 9.59 Å². The second-order valence-corrected chi connectivity index (χ2v) is 5.52. The molecule has 0 radical (unpaired) electrons. The first-order valence-electron chi connectivity index (χ1n) is 6.42. The number of carboxylic acid groups (broad SMARTS) is 1. The number of nitrogens with one attached hydrogen (secondary N) is 1. The third-order valence-electron chi connectivity index (χ3n) is 3.19. The molecule has 1 unspecified atom stereocenters. The standard InChI is InChI=1S/C13H18N2O3S/c1-2-11(12(16)17)14-13(18)15(10-3-4-10)7-9-5-6-19-8-9/h5-6,8,10-11H,2-4,7H2,1H3,(H,14,18)(H,16,17). The predicted molar refractivity (Wildman–Crippen MR) is 73.1 cm³/mol. The number of thiophene rings is 1. The maximum Gasteiger partial charge on any atom is 0.326 e. The number of carboxylic acids is 1. The van der Waals surface area contributed by atoms with Gasteiger partial charge in [0.05, 0.1) is 0 Å². The van der Waals surface area contributed by atoms with Crippen LogP contribution in [0, 0.1) is 0 Å². The van der Waals surface area contributed by atoms with E-state index in [1.165, 1.54) is 0 Å². The van der Waals surface area contributed by atoms with Crippen LogP contribution in [0.4, 0.5) is 4.79 Å². The summed E-state index contributed by atoms with van der Waals surface area (Å²) in [6.07, 6.45) is 2.39. The number of hydrogen-bond acceptors (Lipinski definition) is 3. The van der Waals surface area contributed by atoms with Gasteiger partial charge in [-0.3, -0.25) is 0 Å². The SMILES string of the molecule is CCC(NC(=O)N(Cc1ccsc1)C1CC1)C(=O)O. The van der Waals surface area contributed by atoms with Crippen LogP contribution in [0.3, 0.4) is 0 Å². The van der Waals surface area contributed by atoms with Gasteiger partial charge in [-0.2, -0.15) is 11.3 Å². The van der Waals surface area contributed by atoms with Crippen molar-refractivity contribution in [3.05, 3.63) is 22.4 Å². The number of aliphatic carboxylic acids is 1. The Morgan fingerprint density at radius 3 is 2.79 bits per heavy atom. The molecule has 0 aliphatic heterocycles. The zero-order valence-corrected chi connectivity index (χ0v) is 11.7. The molecule has 2 rings (SSSR count). The van der Waals surface area contributed by atoms with Gasteiger partial charge in [0.25, 0.3) is 0 Å². The summed E-state index contributed by atoms with van der Waals surface area (Å²) < 4.78 is 0. The lowest BCUT2D eigenvalue weighted by atomic mass is 10.2. The predicted octanol–water partition coefficient (Wildman–Crippen LogP) is 2.29. The summed E-state index contributed by atoms with van der Waals surface area (Å²) in [5.74, 6) is -0.984. The van der Waals surface area contributed by atoms with Crippen LogP contribution in [0.2, 0.25) is 0 Å². The van der Waals surface area contributed by atoms with Crippen molar-refractivity contribution >= 4 is 23.3 Å².